The first kappa shape index (κ1) is 16.7. The molecule has 5 nitrogen and oxygen atoms in total. The van der Waals surface area contributed by atoms with Gasteiger partial charge in [0.25, 0.3) is 0 Å². The molecule has 1 aromatic carbocycles. The van der Waals surface area contributed by atoms with Crippen molar-refractivity contribution < 1.29 is 4.74 Å². The van der Waals surface area contributed by atoms with Crippen LogP contribution in [0.2, 0.25) is 0 Å². The minimum atomic E-state index is 0.432. The molecule has 0 bridgehead atoms. The van der Waals surface area contributed by atoms with Gasteiger partial charge in [-0.05, 0) is 55.8 Å². The molecular formula is C21H22N4O. The maximum Gasteiger partial charge on any atom is 0.159 e. The number of ether oxygens (including phenoxy) is 1. The molecule has 0 saturated carbocycles. The van der Waals surface area contributed by atoms with Gasteiger partial charge >= 0.3 is 0 Å². The lowest BCUT2D eigenvalue weighted by molar-refractivity contribution is 0.415. The van der Waals surface area contributed by atoms with E-state index in [-0.39, 0.29) is 0 Å². The van der Waals surface area contributed by atoms with Crippen LogP contribution in [0.25, 0.3) is 22.5 Å². The Morgan fingerprint density at radius 1 is 1.04 bits per heavy atom. The van der Waals surface area contributed by atoms with Crippen LogP contribution in [-0.4, -0.2) is 35.2 Å². The molecule has 1 saturated heterocycles. The first-order chi connectivity index (χ1) is 12.8. The summed E-state index contributed by atoms with van der Waals surface area (Å²) < 4.78 is 5.40. The number of pyridine rings is 1. The van der Waals surface area contributed by atoms with E-state index < -0.39 is 0 Å². The van der Waals surface area contributed by atoms with Gasteiger partial charge in [0, 0.05) is 35.6 Å². The third kappa shape index (κ3) is 3.44. The standard InChI is InChI=1S/C21H22N4O/c1-26-18-4-2-3-17(13-18)19-14-24-21(16-7-11-23-12-8-16)25-20(19)15-5-9-22-10-6-15/h2-4,7-8,11-15,22H,5-6,9-10H2,1H3. The van der Waals surface area contributed by atoms with Crippen molar-refractivity contribution in [2.75, 3.05) is 20.2 Å². The zero-order valence-corrected chi connectivity index (χ0v) is 14.9. The number of rotatable bonds is 4. The van der Waals surface area contributed by atoms with Crippen LogP contribution in [0.5, 0.6) is 5.75 Å². The van der Waals surface area contributed by atoms with Crippen molar-refractivity contribution in [3.8, 4) is 28.3 Å². The summed E-state index contributed by atoms with van der Waals surface area (Å²) in [5.74, 6) is 2.03. The minimum Gasteiger partial charge on any atom is -0.497 e. The summed E-state index contributed by atoms with van der Waals surface area (Å²) >= 11 is 0. The summed E-state index contributed by atoms with van der Waals surface area (Å²) in [5, 5.41) is 3.44. The Morgan fingerprint density at radius 3 is 2.62 bits per heavy atom. The molecule has 1 aliphatic rings. The predicted molar refractivity (Wildman–Crippen MR) is 102 cm³/mol. The van der Waals surface area contributed by atoms with Gasteiger partial charge in [0.15, 0.2) is 5.82 Å². The van der Waals surface area contributed by atoms with Gasteiger partial charge in [0.1, 0.15) is 5.75 Å². The van der Waals surface area contributed by atoms with Crippen LogP contribution >= 0.6 is 0 Å². The molecule has 0 aliphatic carbocycles. The third-order valence-electron chi connectivity index (χ3n) is 4.86. The summed E-state index contributed by atoms with van der Waals surface area (Å²) in [6.45, 7) is 2.05. The summed E-state index contributed by atoms with van der Waals surface area (Å²) in [7, 11) is 1.69. The van der Waals surface area contributed by atoms with Crippen LogP contribution in [0.4, 0.5) is 0 Å². The highest BCUT2D eigenvalue weighted by Gasteiger charge is 2.22. The van der Waals surface area contributed by atoms with E-state index >= 15 is 0 Å². The fraction of sp³-hybridized carbons (Fsp3) is 0.286. The Kier molecular flexibility index (Phi) is 4.88. The number of benzene rings is 1. The van der Waals surface area contributed by atoms with Crippen LogP contribution in [0.15, 0.2) is 55.0 Å². The Bertz CT molecular complexity index is 876. The molecule has 5 heteroatoms. The number of hydrogen-bond acceptors (Lipinski definition) is 5. The molecule has 26 heavy (non-hydrogen) atoms. The van der Waals surface area contributed by atoms with Gasteiger partial charge < -0.3 is 10.1 Å². The van der Waals surface area contributed by atoms with E-state index in [1.165, 1.54) is 0 Å². The highest BCUT2D eigenvalue weighted by atomic mass is 16.5. The number of nitrogens with zero attached hydrogens (tertiary/aromatic N) is 3. The lowest BCUT2D eigenvalue weighted by Gasteiger charge is -2.24. The average molecular weight is 346 g/mol. The van der Waals surface area contributed by atoms with E-state index in [9.17, 15) is 0 Å². The number of hydrogen-bond donors (Lipinski definition) is 1. The molecule has 2 aromatic heterocycles. The Labute approximate surface area is 153 Å². The molecule has 132 valence electrons. The van der Waals surface area contributed by atoms with Gasteiger partial charge in [0.05, 0.1) is 12.8 Å². The number of nitrogens with one attached hydrogen (secondary N) is 1. The van der Waals surface area contributed by atoms with E-state index in [1.807, 2.05) is 30.5 Å². The molecule has 0 atom stereocenters. The largest absolute Gasteiger partial charge is 0.497 e. The molecular weight excluding hydrogens is 324 g/mol. The highest BCUT2D eigenvalue weighted by Crippen LogP contribution is 2.34. The smallest absolute Gasteiger partial charge is 0.159 e. The molecule has 0 radical (unpaired) electrons. The topological polar surface area (TPSA) is 59.9 Å². The Balaban J connectivity index is 1.81. The van der Waals surface area contributed by atoms with Crippen molar-refractivity contribution in [1.29, 1.82) is 0 Å². The molecule has 0 spiro atoms. The van der Waals surface area contributed by atoms with Gasteiger partial charge in [-0.25, -0.2) is 9.97 Å². The van der Waals surface area contributed by atoms with Crippen LogP contribution in [-0.2, 0) is 0 Å². The molecule has 1 fully saturated rings. The van der Waals surface area contributed by atoms with Crippen molar-refractivity contribution in [3.05, 3.63) is 60.7 Å². The predicted octanol–water partition coefficient (Wildman–Crippen LogP) is 3.68. The summed E-state index contributed by atoms with van der Waals surface area (Å²) in [4.78, 5) is 13.7. The molecule has 3 aromatic rings. The summed E-state index contributed by atoms with van der Waals surface area (Å²) in [5.41, 5.74) is 4.31. The second-order valence-electron chi connectivity index (χ2n) is 6.48. The van der Waals surface area contributed by atoms with Crippen molar-refractivity contribution >= 4 is 0 Å². The molecule has 3 heterocycles. The second kappa shape index (κ2) is 7.62. The first-order valence-corrected chi connectivity index (χ1v) is 8.97. The van der Waals surface area contributed by atoms with E-state index in [0.717, 1.165) is 59.9 Å². The van der Waals surface area contributed by atoms with E-state index in [1.54, 1.807) is 19.5 Å². The van der Waals surface area contributed by atoms with Crippen LogP contribution in [0, 0.1) is 0 Å². The van der Waals surface area contributed by atoms with Crippen molar-refractivity contribution in [3.63, 3.8) is 0 Å². The second-order valence-corrected chi connectivity index (χ2v) is 6.48. The Hall–Kier alpha value is -2.79. The van der Waals surface area contributed by atoms with Gasteiger partial charge in [-0.3, -0.25) is 4.98 Å². The minimum absolute atomic E-state index is 0.432. The van der Waals surface area contributed by atoms with Crippen LogP contribution in [0.3, 0.4) is 0 Å². The fourth-order valence-corrected chi connectivity index (χ4v) is 3.45. The zero-order chi connectivity index (χ0) is 17.8. The first-order valence-electron chi connectivity index (χ1n) is 8.97. The molecule has 1 N–H and O–H groups in total. The summed E-state index contributed by atoms with van der Waals surface area (Å²) in [6.07, 6.45) is 7.68. The Morgan fingerprint density at radius 2 is 1.85 bits per heavy atom. The van der Waals surface area contributed by atoms with E-state index in [4.69, 9.17) is 9.72 Å². The van der Waals surface area contributed by atoms with Crippen molar-refractivity contribution in [2.24, 2.45) is 0 Å². The number of piperidine rings is 1. The van der Waals surface area contributed by atoms with Crippen LogP contribution in [0.1, 0.15) is 24.5 Å². The SMILES string of the molecule is COc1cccc(-c2cnc(-c3ccncc3)nc2C2CCNCC2)c1. The quantitative estimate of drug-likeness (QED) is 0.781. The molecule has 4 rings (SSSR count). The van der Waals surface area contributed by atoms with Crippen molar-refractivity contribution in [2.45, 2.75) is 18.8 Å². The maximum absolute atomic E-state index is 5.40. The van der Waals surface area contributed by atoms with Crippen LogP contribution < -0.4 is 10.1 Å². The van der Waals surface area contributed by atoms with E-state index in [0.29, 0.717) is 5.92 Å². The normalized spacial score (nSPS) is 15.0. The zero-order valence-electron chi connectivity index (χ0n) is 14.9. The maximum atomic E-state index is 5.40. The molecule has 0 amide bonds. The summed E-state index contributed by atoms with van der Waals surface area (Å²) in [6, 6.07) is 12.0. The highest BCUT2D eigenvalue weighted by molar-refractivity contribution is 5.69. The average Bonchev–Trinajstić information content (AvgIpc) is 2.74. The molecule has 1 aliphatic heterocycles. The number of methoxy groups -OCH3 is 1. The van der Waals surface area contributed by atoms with Crippen molar-refractivity contribution in [1.82, 2.24) is 20.3 Å². The molecule has 0 unspecified atom stereocenters. The van der Waals surface area contributed by atoms with Gasteiger partial charge in [-0.2, -0.15) is 0 Å². The third-order valence-corrected chi connectivity index (χ3v) is 4.86. The lowest BCUT2D eigenvalue weighted by Crippen LogP contribution is -2.27. The van der Waals surface area contributed by atoms with Gasteiger partial charge in [0.2, 0.25) is 0 Å². The monoisotopic (exact) mass is 346 g/mol. The number of aromatic nitrogens is 3. The fourth-order valence-electron chi connectivity index (χ4n) is 3.45. The van der Waals surface area contributed by atoms with Gasteiger partial charge in [-0.1, -0.05) is 12.1 Å². The lowest BCUT2D eigenvalue weighted by atomic mass is 9.89. The van der Waals surface area contributed by atoms with Gasteiger partial charge in [-0.15, -0.1) is 0 Å². The van der Waals surface area contributed by atoms with E-state index in [2.05, 4.69) is 27.4 Å².